The lowest BCUT2D eigenvalue weighted by Gasteiger charge is -2.48. The number of carbonyl (C=O) groups is 1. The van der Waals surface area contributed by atoms with E-state index in [-0.39, 0.29) is 23.2 Å². The molecule has 0 aliphatic carbocycles. The average Bonchev–Trinajstić information content (AvgIpc) is 3.06. The van der Waals surface area contributed by atoms with Crippen LogP contribution in [0, 0.1) is 0 Å². The van der Waals surface area contributed by atoms with E-state index < -0.39 is 0 Å². The Morgan fingerprint density at radius 3 is 2.31 bits per heavy atom. The summed E-state index contributed by atoms with van der Waals surface area (Å²) in [6.07, 6.45) is 3.17. The summed E-state index contributed by atoms with van der Waals surface area (Å²) in [7, 11) is 0. The third kappa shape index (κ3) is 4.22. The number of hydrogen-bond acceptors (Lipinski definition) is 4. The van der Waals surface area contributed by atoms with Crippen molar-refractivity contribution in [3.8, 4) is 5.69 Å². The maximum Gasteiger partial charge on any atom is 0.317 e. The van der Waals surface area contributed by atoms with Crippen LogP contribution in [0.3, 0.4) is 0 Å². The van der Waals surface area contributed by atoms with Gasteiger partial charge in [0.2, 0.25) is 0 Å². The monoisotopic (exact) mass is 356 g/mol. The maximum atomic E-state index is 12.8. The maximum absolute atomic E-state index is 12.8. The van der Waals surface area contributed by atoms with Gasteiger partial charge in [-0.2, -0.15) is 5.10 Å². The Hall–Kier alpha value is -2.41. The van der Waals surface area contributed by atoms with Gasteiger partial charge in [-0.3, -0.25) is 0 Å². The summed E-state index contributed by atoms with van der Waals surface area (Å²) in [6.45, 7) is 11.9. The van der Waals surface area contributed by atoms with Crippen molar-refractivity contribution < 1.29 is 4.79 Å². The van der Waals surface area contributed by atoms with Crippen LogP contribution in [0.1, 0.15) is 46.2 Å². The summed E-state index contributed by atoms with van der Waals surface area (Å²) in [5.41, 5.74) is 1.77. The Bertz CT molecular complexity index is 735. The molecule has 2 N–H and O–H groups in total. The SMILES string of the molecule is CC(NC(=O)N1CC(C)(C)NC(C)(C)C1)c1ccc(-n2cncn2)cc1. The molecule has 2 amide bonds. The zero-order chi connectivity index (χ0) is 18.9. The molecule has 2 aromatic rings. The molecule has 3 rings (SSSR count). The molecule has 1 atom stereocenters. The van der Waals surface area contributed by atoms with Crippen molar-refractivity contribution in [3.05, 3.63) is 42.5 Å². The molecule has 1 aliphatic rings. The normalized spacial score (nSPS) is 19.8. The minimum absolute atomic E-state index is 0.0273. The van der Waals surface area contributed by atoms with Gasteiger partial charge in [0.05, 0.1) is 11.7 Å². The molecule has 1 unspecified atom stereocenters. The summed E-state index contributed by atoms with van der Waals surface area (Å²) >= 11 is 0. The van der Waals surface area contributed by atoms with Gasteiger partial charge in [-0.1, -0.05) is 12.1 Å². The number of piperazine rings is 1. The van der Waals surface area contributed by atoms with Gasteiger partial charge in [0.15, 0.2) is 0 Å². The number of aromatic nitrogens is 3. The molecule has 0 spiro atoms. The summed E-state index contributed by atoms with van der Waals surface area (Å²) in [6, 6.07) is 7.86. The highest BCUT2D eigenvalue weighted by Gasteiger charge is 2.38. The van der Waals surface area contributed by atoms with E-state index >= 15 is 0 Å². The summed E-state index contributed by atoms with van der Waals surface area (Å²) < 4.78 is 1.71. The first-order chi connectivity index (χ1) is 12.2. The van der Waals surface area contributed by atoms with Gasteiger partial charge in [-0.05, 0) is 52.3 Å². The Kier molecular flexibility index (Phi) is 4.75. The van der Waals surface area contributed by atoms with Crippen LogP contribution in [0.2, 0.25) is 0 Å². The summed E-state index contributed by atoms with van der Waals surface area (Å²) in [4.78, 5) is 18.6. The second-order valence-electron chi connectivity index (χ2n) is 8.35. The first-order valence-corrected chi connectivity index (χ1v) is 8.95. The molecule has 0 bridgehead atoms. The molecule has 140 valence electrons. The van der Waals surface area contributed by atoms with Gasteiger partial charge in [-0.25, -0.2) is 14.5 Å². The van der Waals surface area contributed by atoms with Crippen molar-refractivity contribution in [2.24, 2.45) is 0 Å². The van der Waals surface area contributed by atoms with Crippen molar-refractivity contribution in [1.82, 2.24) is 30.3 Å². The molecular weight excluding hydrogens is 328 g/mol. The number of amides is 2. The first-order valence-electron chi connectivity index (χ1n) is 8.95. The van der Waals surface area contributed by atoms with Crippen LogP contribution >= 0.6 is 0 Å². The Labute approximate surface area is 154 Å². The molecule has 0 radical (unpaired) electrons. The minimum atomic E-state index is -0.109. The van der Waals surface area contributed by atoms with Crippen LogP contribution in [0.15, 0.2) is 36.9 Å². The van der Waals surface area contributed by atoms with Crippen molar-refractivity contribution >= 4 is 6.03 Å². The third-order valence-electron chi connectivity index (χ3n) is 4.55. The molecule has 1 aromatic carbocycles. The molecule has 0 saturated carbocycles. The van der Waals surface area contributed by atoms with Crippen molar-refractivity contribution in [2.45, 2.75) is 51.7 Å². The second-order valence-corrected chi connectivity index (χ2v) is 8.35. The minimum Gasteiger partial charge on any atom is -0.331 e. The fraction of sp³-hybridized carbons (Fsp3) is 0.526. The number of rotatable bonds is 3. The molecule has 7 heteroatoms. The molecule has 2 heterocycles. The molecule has 1 saturated heterocycles. The molecular formula is C19H28N6O. The van der Waals surface area contributed by atoms with E-state index in [1.807, 2.05) is 36.1 Å². The van der Waals surface area contributed by atoms with Crippen LogP contribution in [0.25, 0.3) is 5.69 Å². The standard InChI is InChI=1S/C19H28N6O/c1-14(15-6-8-16(9-7-15)25-13-20-12-21-25)22-17(26)24-10-18(2,3)23-19(4,5)11-24/h6-9,12-14,23H,10-11H2,1-5H3,(H,22,26). The highest BCUT2D eigenvalue weighted by molar-refractivity contribution is 5.75. The molecule has 26 heavy (non-hydrogen) atoms. The predicted molar refractivity (Wildman–Crippen MR) is 101 cm³/mol. The Balaban J connectivity index is 1.65. The Morgan fingerprint density at radius 2 is 1.77 bits per heavy atom. The molecule has 1 fully saturated rings. The Morgan fingerprint density at radius 1 is 1.15 bits per heavy atom. The second kappa shape index (κ2) is 6.72. The summed E-state index contributed by atoms with van der Waals surface area (Å²) in [5.74, 6) is 0. The van der Waals surface area contributed by atoms with E-state index in [9.17, 15) is 4.79 Å². The smallest absolute Gasteiger partial charge is 0.317 e. The zero-order valence-electron chi connectivity index (χ0n) is 16.2. The fourth-order valence-corrected chi connectivity index (χ4v) is 3.77. The van der Waals surface area contributed by atoms with Crippen molar-refractivity contribution in [2.75, 3.05) is 13.1 Å². The van der Waals surface area contributed by atoms with E-state index in [2.05, 4.69) is 48.4 Å². The number of benzene rings is 1. The molecule has 7 nitrogen and oxygen atoms in total. The van der Waals surface area contributed by atoms with Gasteiger partial charge in [0.1, 0.15) is 12.7 Å². The largest absolute Gasteiger partial charge is 0.331 e. The van der Waals surface area contributed by atoms with Crippen LogP contribution in [0.5, 0.6) is 0 Å². The van der Waals surface area contributed by atoms with Gasteiger partial charge in [-0.15, -0.1) is 0 Å². The molecule has 1 aromatic heterocycles. The van der Waals surface area contributed by atoms with Crippen LogP contribution < -0.4 is 10.6 Å². The number of carbonyl (C=O) groups excluding carboxylic acids is 1. The van der Waals surface area contributed by atoms with E-state index in [0.29, 0.717) is 13.1 Å². The molecule has 1 aliphatic heterocycles. The van der Waals surface area contributed by atoms with Gasteiger partial charge >= 0.3 is 6.03 Å². The average molecular weight is 356 g/mol. The van der Waals surface area contributed by atoms with E-state index in [0.717, 1.165) is 11.3 Å². The van der Waals surface area contributed by atoms with Gasteiger partial charge in [0, 0.05) is 24.2 Å². The van der Waals surface area contributed by atoms with E-state index in [4.69, 9.17) is 0 Å². The topological polar surface area (TPSA) is 75.1 Å². The van der Waals surface area contributed by atoms with Gasteiger partial charge in [0.25, 0.3) is 0 Å². The highest BCUT2D eigenvalue weighted by Crippen LogP contribution is 2.22. The number of nitrogens with zero attached hydrogens (tertiary/aromatic N) is 4. The van der Waals surface area contributed by atoms with Crippen molar-refractivity contribution in [3.63, 3.8) is 0 Å². The number of nitrogens with one attached hydrogen (secondary N) is 2. The predicted octanol–water partition coefficient (Wildman–Crippen LogP) is 2.50. The fourth-order valence-electron chi connectivity index (χ4n) is 3.77. The lowest BCUT2D eigenvalue weighted by Crippen LogP contribution is -2.68. The number of urea groups is 1. The number of hydrogen-bond donors (Lipinski definition) is 2. The van der Waals surface area contributed by atoms with Crippen LogP contribution in [-0.4, -0.2) is 49.9 Å². The van der Waals surface area contributed by atoms with Crippen LogP contribution in [-0.2, 0) is 0 Å². The first kappa shape index (κ1) is 18.4. The highest BCUT2D eigenvalue weighted by atomic mass is 16.2. The van der Waals surface area contributed by atoms with Crippen LogP contribution in [0.4, 0.5) is 4.79 Å². The van der Waals surface area contributed by atoms with Crippen molar-refractivity contribution in [1.29, 1.82) is 0 Å². The van der Waals surface area contributed by atoms with E-state index in [1.54, 1.807) is 11.0 Å². The van der Waals surface area contributed by atoms with Gasteiger partial charge < -0.3 is 15.5 Å². The zero-order valence-corrected chi connectivity index (χ0v) is 16.2. The van der Waals surface area contributed by atoms with E-state index in [1.165, 1.54) is 6.33 Å². The lowest BCUT2D eigenvalue weighted by molar-refractivity contribution is 0.0947. The third-order valence-corrected chi connectivity index (χ3v) is 4.55. The quantitative estimate of drug-likeness (QED) is 0.886. The summed E-state index contributed by atoms with van der Waals surface area (Å²) in [5, 5.41) is 10.8. The lowest BCUT2D eigenvalue weighted by atomic mass is 9.92.